The lowest BCUT2D eigenvalue weighted by Crippen LogP contribution is -2.15. The Kier molecular flexibility index (Phi) is 5.61. The van der Waals surface area contributed by atoms with Crippen molar-refractivity contribution < 1.29 is 19.1 Å². The Morgan fingerprint density at radius 2 is 2.11 bits per heavy atom. The van der Waals surface area contributed by atoms with E-state index in [0.717, 1.165) is 0 Å². The molecular weight excluding hydrogens is 258 g/mol. The maximum Gasteiger partial charge on any atom is 0.344 e. The molecule has 0 aliphatic carbocycles. The number of ketones is 1. The maximum absolute atomic E-state index is 11.3. The van der Waals surface area contributed by atoms with Crippen molar-refractivity contribution >= 4 is 23.4 Å². The third-order valence-corrected chi connectivity index (χ3v) is 2.39. The van der Waals surface area contributed by atoms with Gasteiger partial charge in [0.2, 0.25) is 0 Å². The first-order valence-corrected chi connectivity index (χ1v) is 5.77. The van der Waals surface area contributed by atoms with Crippen LogP contribution in [0.4, 0.5) is 0 Å². The topological polar surface area (TPSA) is 78.6 Å². The minimum atomic E-state index is -0.476. The van der Waals surface area contributed by atoms with Crippen molar-refractivity contribution in [3.8, 4) is 5.75 Å². The molecule has 2 N–H and O–H groups in total. The maximum atomic E-state index is 11.3. The smallest absolute Gasteiger partial charge is 0.344 e. The largest absolute Gasteiger partial charge is 0.480 e. The van der Waals surface area contributed by atoms with Gasteiger partial charge in [0.25, 0.3) is 0 Å². The van der Waals surface area contributed by atoms with Gasteiger partial charge in [0.15, 0.2) is 12.4 Å². The van der Waals surface area contributed by atoms with Crippen LogP contribution in [0.2, 0.25) is 5.02 Å². The van der Waals surface area contributed by atoms with E-state index in [2.05, 4.69) is 0 Å². The highest BCUT2D eigenvalue weighted by Gasteiger charge is 2.10. The molecule has 0 saturated heterocycles. The van der Waals surface area contributed by atoms with Crippen LogP contribution in [0, 0.1) is 0 Å². The second kappa shape index (κ2) is 6.98. The predicted octanol–water partition coefficient (Wildman–Crippen LogP) is 1.42. The van der Waals surface area contributed by atoms with Gasteiger partial charge in [-0.05, 0) is 25.1 Å². The Morgan fingerprint density at radius 3 is 2.67 bits per heavy atom. The summed E-state index contributed by atoms with van der Waals surface area (Å²) < 4.78 is 9.88. The first-order valence-electron chi connectivity index (χ1n) is 5.39. The molecule has 0 bridgehead atoms. The van der Waals surface area contributed by atoms with E-state index in [4.69, 9.17) is 26.8 Å². The van der Waals surface area contributed by atoms with Crippen LogP contribution in [0.25, 0.3) is 0 Å². The lowest BCUT2D eigenvalue weighted by Gasteiger charge is -2.08. The summed E-state index contributed by atoms with van der Waals surface area (Å²) in [5, 5.41) is 0.249. The lowest BCUT2D eigenvalue weighted by molar-refractivity contribution is -0.145. The molecule has 0 saturated carbocycles. The number of Topliss-reactive ketones (excluding diaryl/α,β-unsaturated/α-hetero) is 1. The van der Waals surface area contributed by atoms with E-state index in [-0.39, 0.29) is 24.0 Å². The molecule has 98 valence electrons. The Morgan fingerprint density at radius 1 is 1.39 bits per heavy atom. The summed E-state index contributed by atoms with van der Waals surface area (Å²) in [4.78, 5) is 22.4. The molecule has 1 rings (SSSR count). The van der Waals surface area contributed by atoms with Crippen molar-refractivity contribution in [2.75, 3.05) is 19.8 Å². The van der Waals surface area contributed by atoms with Crippen molar-refractivity contribution in [3.63, 3.8) is 0 Å². The van der Waals surface area contributed by atoms with E-state index in [0.29, 0.717) is 17.9 Å². The van der Waals surface area contributed by atoms with Gasteiger partial charge in [0.05, 0.1) is 18.2 Å². The monoisotopic (exact) mass is 271 g/mol. The van der Waals surface area contributed by atoms with Gasteiger partial charge >= 0.3 is 5.97 Å². The SMILES string of the molecule is CCOC(=O)COc1ccc(C(=O)CN)cc1Cl. The molecule has 0 aliphatic heterocycles. The minimum absolute atomic E-state index is 0.0840. The van der Waals surface area contributed by atoms with Crippen LogP contribution in [0.5, 0.6) is 5.75 Å². The van der Waals surface area contributed by atoms with Gasteiger partial charge in [-0.25, -0.2) is 4.79 Å². The predicted molar refractivity (Wildman–Crippen MR) is 67.0 cm³/mol. The van der Waals surface area contributed by atoms with E-state index in [9.17, 15) is 9.59 Å². The standard InChI is InChI=1S/C12H14ClNO4/c1-2-17-12(16)7-18-11-4-3-8(5-9(11)13)10(15)6-14/h3-5H,2,6-7,14H2,1H3. The first kappa shape index (κ1) is 14.5. The van der Waals surface area contributed by atoms with E-state index in [1.54, 1.807) is 13.0 Å². The fourth-order valence-electron chi connectivity index (χ4n) is 1.25. The fraction of sp³-hybridized carbons (Fsp3) is 0.333. The van der Waals surface area contributed by atoms with Crippen LogP contribution in [-0.4, -0.2) is 31.5 Å². The first-order chi connectivity index (χ1) is 8.58. The van der Waals surface area contributed by atoms with Gasteiger partial charge in [-0.15, -0.1) is 0 Å². The number of benzene rings is 1. The molecule has 0 aromatic heterocycles. The van der Waals surface area contributed by atoms with Crippen LogP contribution >= 0.6 is 11.6 Å². The summed E-state index contributed by atoms with van der Waals surface area (Å²) in [5.41, 5.74) is 5.65. The summed E-state index contributed by atoms with van der Waals surface area (Å²) >= 11 is 5.92. The van der Waals surface area contributed by atoms with Crippen molar-refractivity contribution in [3.05, 3.63) is 28.8 Å². The molecule has 1 aromatic rings. The Balaban J connectivity index is 2.68. The highest BCUT2D eigenvalue weighted by molar-refractivity contribution is 6.32. The van der Waals surface area contributed by atoms with E-state index >= 15 is 0 Å². The van der Waals surface area contributed by atoms with Gasteiger partial charge in [-0.2, -0.15) is 0 Å². The normalized spacial score (nSPS) is 9.94. The van der Waals surface area contributed by atoms with Crippen LogP contribution in [0.1, 0.15) is 17.3 Å². The van der Waals surface area contributed by atoms with Crippen LogP contribution in [0.3, 0.4) is 0 Å². The highest BCUT2D eigenvalue weighted by atomic mass is 35.5. The third-order valence-electron chi connectivity index (χ3n) is 2.09. The Labute approximate surface area is 110 Å². The zero-order valence-electron chi connectivity index (χ0n) is 9.94. The van der Waals surface area contributed by atoms with Gasteiger partial charge in [0, 0.05) is 5.56 Å². The summed E-state index contributed by atoms with van der Waals surface area (Å²) in [7, 11) is 0. The lowest BCUT2D eigenvalue weighted by atomic mass is 10.1. The molecule has 6 heteroatoms. The fourth-order valence-corrected chi connectivity index (χ4v) is 1.48. The molecule has 0 fully saturated rings. The summed E-state index contributed by atoms with van der Waals surface area (Å²) in [6.45, 7) is 1.69. The van der Waals surface area contributed by atoms with Gasteiger partial charge in [-0.1, -0.05) is 11.6 Å². The second-order valence-electron chi connectivity index (χ2n) is 3.37. The van der Waals surface area contributed by atoms with Crippen LogP contribution < -0.4 is 10.5 Å². The quantitative estimate of drug-likeness (QED) is 0.625. The average Bonchev–Trinajstić information content (AvgIpc) is 2.36. The highest BCUT2D eigenvalue weighted by Crippen LogP contribution is 2.25. The number of carbonyl (C=O) groups excluding carboxylic acids is 2. The van der Waals surface area contributed by atoms with Crippen molar-refractivity contribution in [2.24, 2.45) is 5.73 Å². The van der Waals surface area contributed by atoms with Gasteiger partial charge in [-0.3, -0.25) is 4.79 Å². The Bertz CT molecular complexity index is 448. The van der Waals surface area contributed by atoms with Crippen LogP contribution in [0.15, 0.2) is 18.2 Å². The number of esters is 1. The molecule has 0 radical (unpaired) electrons. The minimum Gasteiger partial charge on any atom is -0.480 e. The van der Waals surface area contributed by atoms with E-state index < -0.39 is 5.97 Å². The number of carbonyl (C=O) groups is 2. The molecule has 0 unspecified atom stereocenters. The number of hydrogen-bond donors (Lipinski definition) is 1. The zero-order valence-corrected chi connectivity index (χ0v) is 10.7. The molecule has 18 heavy (non-hydrogen) atoms. The Hall–Kier alpha value is -1.59. The van der Waals surface area contributed by atoms with Crippen molar-refractivity contribution in [1.29, 1.82) is 0 Å². The molecule has 0 heterocycles. The number of hydrogen-bond acceptors (Lipinski definition) is 5. The number of halogens is 1. The van der Waals surface area contributed by atoms with Gasteiger partial charge < -0.3 is 15.2 Å². The van der Waals surface area contributed by atoms with Gasteiger partial charge in [0.1, 0.15) is 5.75 Å². The zero-order chi connectivity index (χ0) is 13.5. The average molecular weight is 272 g/mol. The summed E-state index contributed by atoms with van der Waals surface area (Å²) in [6, 6.07) is 4.52. The summed E-state index contributed by atoms with van der Waals surface area (Å²) in [6.07, 6.45) is 0. The number of ether oxygens (including phenoxy) is 2. The van der Waals surface area contributed by atoms with E-state index in [1.165, 1.54) is 12.1 Å². The van der Waals surface area contributed by atoms with Crippen molar-refractivity contribution in [2.45, 2.75) is 6.92 Å². The molecule has 0 spiro atoms. The number of nitrogens with two attached hydrogens (primary N) is 1. The molecule has 0 amide bonds. The van der Waals surface area contributed by atoms with Crippen LogP contribution in [-0.2, 0) is 9.53 Å². The van der Waals surface area contributed by atoms with E-state index in [1.807, 2.05) is 0 Å². The molecule has 5 nitrogen and oxygen atoms in total. The van der Waals surface area contributed by atoms with Crippen molar-refractivity contribution in [1.82, 2.24) is 0 Å². The molecular formula is C12H14ClNO4. The third kappa shape index (κ3) is 4.01. The molecule has 0 atom stereocenters. The summed E-state index contributed by atoms with van der Waals surface area (Å²) in [5.74, 6) is -0.372. The molecule has 0 aliphatic rings. The second-order valence-corrected chi connectivity index (χ2v) is 3.77. The molecule has 1 aromatic carbocycles. The number of rotatable bonds is 6.